The zero-order valence-electron chi connectivity index (χ0n) is 8.21. The Labute approximate surface area is 90.3 Å². The summed E-state index contributed by atoms with van der Waals surface area (Å²) in [4.78, 5) is 0. The van der Waals surface area contributed by atoms with Crippen molar-refractivity contribution in [1.29, 1.82) is 5.26 Å². The van der Waals surface area contributed by atoms with E-state index in [-0.39, 0.29) is 17.4 Å². The number of benzene rings is 1. The van der Waals surface area contributed by atoms with E-state index in [0.29, 0.717) is 0 Å². The molecule has 84 valence electrons. The monoisotopic (exact) mass is 227 g/mol. The molecule has 2 rings (SSSR count). The van der Waals surface area contributed by atoms with Gasteiger partial charge in [0.15, 0.2) is 0 Å². The second kappa shape index (κ2) is 3.71. The highest BCUT2D eigenvalue weighted by Gasteiger charge is 2.36. The summed E-state index contributed by atoms with van der Waals surface area (Å²) in [6.07, 6.45) is -3.03. The van der Waals surface area contributed by atoms with Crippen LogP contribution in [0.5, 0.6) is 5.75 Å². The van der Waals surface area contributed by atoms with Crippen molar-refractivity contribution in [2.45, 2.75) is 25.1 Å². The summed E-state index contributed by atoms with van der Waals surface area (Å²) >= 11 is 0. The molecule has 0 atom stereocenters. The SMILES string of the molecule is N#Cc1ccc(C(F)(F)F)c(OC2CC2)c1. The molecule has 0 aromatic heterocycles. The molecule has 1 aromatic carbocycles. The van der Waals surface area contributed by atoms with Crippen molar-refractivity contribution in [1.82, 2.24) is 0 Å². The lowest BCUT2D eigenvalue weighted by molar-refractivity contribution is -0.139. The van der Waals surface area contributed by atoms with Crippen LogP contribution in [0, 0.1) is 11.3 Å². The Morgan fingerprint density at radius 1 is 1.31 bits per heavy atom. The molecule has 0 saturated heterocycles. The largest absolute Gasteiger partial charge is 0.490 e. The Kier molecular flexibility index (Phi) is 2.50. The van der Waals surface area contributed by atoms with Gasteiger partial charge in [-0.05, 0) is 31.0 Å². The number of hydrogen-bond donors (Lipinski definition) is 0. The van der Waals surface area contributed by atoms with Gasteiger partial charge in [0.1, 0.15) is 5.75 Å². The molecule has 0 aliphatic heterocycles. The Hall–Kier alpha value is -1.70. The maximum atomic E-state index is 12.6. The van der Waals surface area contributed by atoms with Gasteiger partial charge in [0.05, 0.1) is 23.3 Å². The number of rotatable bonds is 2. The topological polar surface area (TPSA) is 33.0 Å². The first-order valence-corrected chi connectivity index (χ1v) is 4.78. The van der Waals surface area contributed by atoms with Crippen molar-refractivity contribution in [2.24, 2.45) is 0 Å². The lowest BCUT2D eigenvalue weighted by atomic mass is 10.1. The van der Waals surface area contributed by atoms with Crippen LogP contribution in [-0.4, -0.2) is 6.10 Å². The molecule has 0 spiro atoms. The van der Waals surface area contributed by atoms with Crippen LogP contribution in [0.2, 0.25) is 0 Å². The summed E-state index contributed by atoms with van der Waals surface area (Å²) in [6, 6.07) is 4.96. The summed E-state index contributed by atoms with van der Waals surface area (Å²) in [6.45, 7) is 0. The van der Waals surface area contributed by atoms with Crippen LogP contribution < -0.4 is 4.74 Å². The minimum atomic E-state index is -4.45. The van der Waals surface area contributed by atoms with Gasteiger partial charge in [-0.25, -0.2) is 0 Å². The fourth-order valence-electron chi connectivity index (χ4n) is 1.29. The lowest BCUT2D eigenvalue weighted by Crippen LogP contribution is -2.09. The van der Waals surface area contributed by atoms with Gasteiger partial charge in [-0.3, -0.25) is 0 Å². The van der Waals surface area contributed by atoms with Gasteiger partial charge in [0.2, 0.25) is 0 Å². The summed E-state index contributed by atoms with van der Waals surface area (Å²) in [5.74, 6) is -0.242. The first-order chi connectivity index (χ1) is 7.50. The minimum Gasteiger partial charge on any atom is -0.490 e. The van der Waals surface area contributed by atoms with E-state index in [1.165, 1.54) is 0 Å². The molecular weight excluding hydrogens is 219 g/mol. The normalized spacial score (nSPS) is 15.6. The molecule has 2 nitrogen and oxygen atoms in total. The van der Waals surface area contributed by atoms with Gasteiger partial charge in [0.25, 0.3) is 0 Å². The van der Waals surface area contributed by atoms with E-state index in [4.69, 9.17) is 10.00 Å². The van der Waals surface area contributed by atoms with Crippen molar-refractivity contribution >= 4 is 0 Å². The molecule has 1 aliphatic carbocycles. The molecule has 0 radical (unpaired) electrons. The van der Waals surface area contributed by atoms with Crippen LogP contribution in [0.4, 0.5) is 13.2 Å². The zero-order valence-corrected chi connectivity index (χ0v) is 8.21. The van der Waals surface area contributed by atoms with Crippen LogP contribution in [0.15, 0.2) is 18.2 Å². The second-order valence-corrected chi connectivity index (χ2v) is 3.64. The van der Waals surface area contributed by atoms with Crippen LogP contribution in [0.3, 0.4) is 0 Å². The van der Waals surface area contributed by atoms with Gasteiger partial charge < -0.3 is 4.74 Å². The van der Waals surface area contributed by atoms with Crippen molar-refractivity contribution in [3.63, 3.8) is 0 Å². The average Bonchev–Trinajstić information content (AvgIpc) is 3.00. The number of nitriles is 1. The fraction of sp³-hybridized carbons (Fsp3) is 0.364. The Morgan fingerprint density at radius 2 is 2.00 bits per heavy atom. The van der Waals surface area contributed by atoms with Crippen LogP contribution in [0.25, 0.3) is 0 Å². The fourth-order valence-corrected chi connectivity index (χ4v) is 1.29. The van der Waals surface area contributed by atoms with Gasteiger partial charge in [-0.2, -0.15) is 18.4 Å². The predicted octanol–water partition coefficient (Wildman–Crippen LogP) is 3.12. The third-order valence-electron chi connectivity index (χ3n) is 2.23. The van der Waals surface area contributed by atoms with E-state index >= 15 is 0 Å². The van der Waals surface area contributed by atoms with Gasteiger partial charge in [-0.15, -0.1) is 0 Å². The second-order valence-electron chi connectivity index (χ2n) is 3.64. The van der Waals surface area contributed by atoms with E-state index in [1.807, 2.05) is 0 Å². The molecule has 0 bridgehead atoms. The third kappa shape index (κ3) is 2.27. The molecule has 0 unspecified atom stereocenters. The van der Waals surface area contributed by atoms with E-state index in [1.54, 1.807) is 6.07 Å². The highest BCUT2D eigenvalue weighted by molar-refractivity contribution is 5.44. The predicted molar refractivity (Wildman–Crippen MR) is 49.8 cm³/mol. The van der Waals surface area contributed by atoms with Gasteiger partial charge in [-0.1, -0.05) is 0 Å². The molecule has 0 N–H and O–H groups in total. The summed E-state index contributed by atoms with van der Waals surface area (Å²) in [5, 5.41) is 8.62. The number of halogens is 3. The standard InChI is InChI=1S/C11H8F3NO/c12-11(13,14)9-4-1-7(6-15)5-10(9)16-8-2-3-8/h1,4-5,8H,2-3H2. The molecular formula is C11H8F3NO. The van der Waals surface area contributed by atoms with Gasteiger partial charge in [0, 0.05) is 0 Å². The first kappa shape index (κ1) is 10.8. The smallest absolute Gasteiger partial charge is 0.419 e. The molecule has 1 aromatic rings. The summed E-state index contributed by atoms with van der Waals surface area (Å²) < 4.78 is 42.9. The van der Waals surface area contributed by atoms with Crippen LogP contribution in [0.1, 0.15) is 24.0 Å². The summed E-state index contributed by atoms with van der Waals surface area (Å²) in [7, 11) is 0. The lowest BCUT2D eigenvalue weighted by Gasteiger charge is -2.13. The molecule has 1 saturated carbocycles. The number of alkyl halides is 3. The molecule has 1 fully saturated rings. The maximum absolute atomic E-state index is 12.6. The quantitative estimate of drug-likeness (QED) is 0.777. The molecule has 0 amide bonds. The van der Waals surface area contributed by atoms with Crippen LogP contribution in [-0.2, 0) is 6.18 Å². The summed E-state index contributed by atoms with van der Waals surface area (Å²) in [5.41, 5.74) is -0.651. The highest BCUT2D eigenvalue weighted by atomic mass is 19.4. The van der Waals surface area contributed by atoms with Crippen molar-refractivity contribution in [3.8, 4) is 11.8 Å². The van der Waals surface area contributed by atoms with E-state index < -0.39 is 11.7 Å². The zero-order chi connectivity index (χ0) is 11.8. The maximum Gasteiger partial charge on any atom is 0.419 e. The Bertz CT molecular complexity index is 444. The van der Waals surface area contributed by atoms with Crippen molar-refractivity contribution < 1.29 is 17.9 Å². The van der Waals surface area contributed by atoms with Gasteiger partial charge >= 0.3 is 6.18 Å². The molecule has 5 heteroatoms. The van der Waals surface area contributed by atoms with Crippen LogP contribution >= 0.6 is 0 Å². The molecule has 0 heterocycles. The Balaban J connectivity index is 2.38. The van der Waals surface area contributed by atoms with Crippen molar-refractivity contribution in [3.05, 3.63) is 29.3 Å². The molecule has 16 heavy (non-hydrogen) atoms. The molecule has 1 aliphatic rings. The number of hydrogen-bond acceptors (Lipinski definition) is 2. The number of ether oxygens (including phenoxy) is 1. The Morgan fingerprint density at radius 3 is 2.50 bits per heavy atom. The van der Waals surface area contributed by atoms with Crippen molar-refractivity contribution in [2.75, 3.05) is 0 Å². The van der Waals surface area contributed by atoms with E-state index in [2.05, 4.69) is 0 Å². The highest BCUT2D eigenvalue weighted by Crippen LogP contribution is 2.39. The first-order valence-electron chi connectivity index (χ1n) is 4.78. The minimum absolute atomic E-state index is 0.130. The third-order valence-corrected chi connectivity index (χ3v) is 2.23. The number of nitrogens with zero attached hydrogens (tertiary/aromatic N) is 1. The van der Waals surface area contributed by atoms with E-state index in [9.17, 15) is 13.2 Å². The van der Waals surface area contributed by atoms with E-state index in [0.717, 1.165) is 31.0 Å². The average molecular weight is 227 g/mol.